The van der Waals surface area contributed by atoms with Crippen LogP contribution in [0.25, 0.3) is 0 Å². The normalized spacial score (nSPS) is 12.8. The van der Waals surface area contributed by atoms with Gasteiger partial charge in [0.25, 0.3) is 0 Å². The molecule has 0 fully saturated rings. The molecule has 4 heteroatoms. The highest BCUT2D eigenvalue weighted by molar-refractivity contribution is 7.08. The van der Waals surface area contributed by atoms with Crippen molar-refractivity contribution < 1.29 is 4.39 Å². The van der Waals surface area contributed by atoms with E-state index < -0.39 is 6.04 Å². The molecule has 0 amide bonds. The maximum Gasteiger partial charge on any atom is 0.129 e. The van der Waals surface area contributed by atoms with Gasteiger partial charge < -0.3 is 5.73 Å². The predicted molar refractivity (Wildman–Crippen MR) is 66.5 cm³/mol. The van der Waals surface area contributed by atoms with E-state index in [4.69, 9.17) is 17.3 Å². The molecule has 0 bridgehead atoms. The second kappa shape index (κ2) is 4.53. The van der Waals surface area contributed by atoms with Crippen molar-refractivity contribution in [1.29, 1.82) is 0 Å². The van der Waals surface area contributed by atoms with E-state index in [-0.39, 0.29) is 5.82 Å². The molecule has 0 aliphatic heterocycles. The number of benzene rings is 1. The van der Waals surface area contributed by atoms with Crippen molar-refractivity contribution in [3.8, 4) is 0 Å². The first kappa shape index (κ1) is 11.6. The summed E-state index contributed by atoms with van der Waals surface area (Å²) in [4.78, 5) is 0. The standard InChI is InChI=1S/C12H11ClFNS/c1-7-5-16-6-10(7)12(15)9-3-2-8(13)4-11(9)14/h2-6,12H,15H2,1H3. The van der Waals surface area contributed by atoms with Gasteiger partial charge in [-0.15, -0.1) is 0 Å². The highest BCUT2D eigenvalue weighted by atomic mass is 35.5. The average Bonchev–Trinajstić information content (AvgIpc) is 2.63. The van der Waals surface area contributed by atoms with Crippen LogP contribution in [-0.4, -0.2) is 0 Å². The number of halogens is 2. The third kappa shape index (κ3) is 2.12. The second-order valence-corrected chi connectivity index (χ2v) is 4.83. The summed E-state index contributed by atoms with van der Waals surface area (Å²) in [6.45, 7) is 1.97. The molecule has 0 aliphatic rings. The maximum absolute atomic E-state index is 13.7. The van der Waals surface area contributed by atoms with Gasteiger partial charge in [0.1, 0.15) is 5.82 Å². The minimum atomic E-state index is -0.427. The van der Waals surface area contributed by atoms with Crippen molar-refractivity contribution >= 4 is 22.9 Å². The van der Waals surface area contributed by atoms with E-state index in [9.17, 15) is 4.39 Å². The number of hydrogen-bond donors (Lipinski definition) is 1. The van der Waals surface area contributed by atoms with Crippen molar-refractivity contribution in [2.45, 2.75) is 13.0 Å². The first-order valence-electron chi connectivity index (χ1n) is 4.83. The Bertz CT molecular complexity index is 509. The molecule has 84 valence electrons. The number of hydrogen-bond acceptors (Lipinski definition) is 2. The lowest BCUT2D eigenvalue weighted by atomic mass is 9.99. The van der Waals surface area contributed by atoms with E-state index >= 15 is 0 Å². The third-order valence-corrected chi connectivity index (χ3v) is 3.64. The average molecular weight is 256 g/mol. The van der Waals surface area contributed by atoms with Gasteiger partial charge >= 0.3 is 0 Å². The molecule has 1 nitrogen and oxygen atoms in total. The fourth-order valence-corrected chi connectivity index (χ4v) is 2.66. The number of nitrogens with two attached hydrogens (primary N) is 1. The maximum atomic E-state index is 13.7. The predicted octanol–water partition coefficient (Wildman–Crippen LogP) is 3.90. The van der Waals surface area contributed by atoms with E-state index in [2.05, 4.69) is 0 Å². The highest BCUT2D eigenvalue weighted by Crippen LogP contribution is 2.28. The Morgan fingerprint density at radius 1 is 1.31 bits per heavy atom. The molecule has 1 aromatic carbocycles. The largest absolute Gasteiger partial charge is 0.320 e. The van der Waals surface area contributed by atoms with Gasteiger partial charge in [-0.05, 0) is 40.9 Å². The first-order chi connectivity index (χ1) is 7.59. The summed E-state index contributed by atoms with van der Waals surface area (Å²) < 4.78 is 13.7. The molecule has 0 radical (unpaired) electrons. The van der Waals surface area contributed by atoms with Gasteiger partial charge in [0, 0.05) is 10.6 Å². The smallest absolute Gasteiger partial charge is 0.129 e. The van der Waals surface area contributed by atoms with Crippen molar-refractivity contribution in [1.82, 2.24) is 0 Å². The number of aryl methyl sites for hydroxylation is 1. The van der Waals surface area contributed by atoms with Crippen LogP contribution in [-0.2, 0) is 0 Å². The van der Waals surface area contributed by atoms with Crippen molar-refractivity contribution in [2.75, 3.05) is 0 Å². The second-order valence-electron chi connectivity index (χ2n) is 3.65. The molecule has 0 spiro atoms. The topological polar surface area (TPSA) is 26.0 Å². The van der Waals surface area contributed by atoms with E-state index in [0.29, 0.717) is 10.6 Å². The van der Waals surface area contributed by atoms with Crippen molar-refractivity contribution in [2.24, 2.45) is 5.73 Å². The van der Waals surface area contributed by atoms with Crippen LogP contribution < -0.4 is 5.73 Å². The van der Waals surface area contributed by atoms with Crippen molar-refractivity contribution in [3.63, 3.8) is 0 Å². The molecule has 2 rings (SSSR count). The van der Waals surface area contributed by atoms with Crippen molar-refractivity contribution in [3.05, 3.63) is 56.5 Å². The van der Waals surface area contributed by atoms with Crippen LogP contribution >= 0.6 is 22.9 Å². The van der Waals surface area contributed by atoms with Gasteiger partial charge in [-0.25, -0.2) is 4.39 Å². The summed E-state index contributed by atoms with van der Waals surface area (Å²) in [6.07, 6.45) is 0. The number of thiophene rings is 1. The quantitative estimate of drug-likeness (QED) is 0.866. The minimum absolute atomic E-state index is 0.356. The fraction of sp³-hybridized carbons (Fsp3) is 0.167. The van der Waals surface area contributed by atoms with Gasteiger partial charge in [-0.2, -0.15) is 11.3 Å². The molecule has 1 unspecified atom stereocenters. The lowest BCUT2D eigenvalue weighted by Gasteiger charge is -2.13. The lowest BCUT2D eigenvalue weighted by molar-refractivity contribution is 0.599. The van der Waals surface area contributed by atoms with Gasteiger partial charge in [0.2, 0.25) is 0 Å². The summed E-state index contributed by atoms with van der Waals surface area (Å²) in [5.41, 5.74) is 8.57. The van der Waals surface area contributed by atoms with Crippen LogP contribution in [0, 0.1) is 12.7 Å². The Morgan fingerprint density at radius 2 is 2.06 bits per heavy atom. The molecule has 0 saturated carbocycles. The summed E-state index contributed by atoms with van der Waals surface area (Å²) in [5, 5.41) is 4.34. The summed E-state index contributed by atoms with van der Waals surface area (Å²) >= 11 is 7.27. The molecule has 2 N–H and O–H groups in total. The van der Waals surface area contributed by atoms with Crippen LogP contribution in [0.2, 0.25) is 5.02 Å². The van der Waals surface area contributed by atoms with Crippen LogP contribution in [0.3, 0.4) is 0 Å². The van der Waals surface area contributed by atoms with Gasteiger partial charge in [-0.1, -0.05) is 17.7 Å². The lowest BCUT2D eigenvalue weighted by Crippen LogP contribution is -2.13. The minimum Gasteiger partial charge on any atom is -0.320 e. The Morgan fingerprint density at radius 3 is 2.62 bits per heavy atom. The number of rotatable bonds is 2. The van der Waals surface area contributed by atoms with Gasteiger partial charge in [-0.3, -0.25) is 0 Å². The molecule has 16 heavy (non-hydrogen) atoms. The Balaban J connectivity index is 2.41. The molecule has 2 aromatic rings. The molecule has 1 aromatic heterocycles. The Hall–Kier alpha value is -0.900. The highest BCUT2D eigenvalue weighted by Gasteiger charge is 2.16. The SMILES string of the molecule is Cc1cscc1C(N)c1ccc(Cl)cc1F. The van der Waals surface area contributed by atoms with Crippen LogP contribution in [0.1, 0.15) is 22.7 Å². The fourth-order valence-electron chi connectivity index (χ4n) is 1.61. The molecule has 0 saturated heterocycles. The van der Waals surface area contributed by atoms with Crippen LogP contribution in [0.5, 0.6) is 0 Å². The summed E-state index contributed by atoms with van der Waals surface area (Å²) in [6, 6.07) is 4.16. The van der Waals surface area contributed by atoms with E-state index in [1.165, 1.54) is 6.07 Å². The van der Waals surface area contributed by atoms with Crippen LogP contribution in [0.15, 0.2) is 29.0 Å². The van der Waals surface area contributed by atoms with Crippen LogP contribution in [0.4, 0.5) is 4.39 Å². The summed E-state index contributed by atoms with van der Waals surface area (Å²) in [7, 11) is 0. The van der Waals surface area contributed by atoms with E-state index in [0.717, 1.165) is 11.1 Å². The zero-order chi connectivity index (χ0) is 11.7. The zero-order valence-corrected chi connectivity index (χ0v) is 10.3. The monoisotopic (exact) mass is 255 g/mol. The van der Waals surface area contributed by atoms with Gasteiger partial charge in [0.15, 0.2) is 0 Å². The van der Waals surface area contributed by atoms with E-state index in [1.54, 1.807) is 23.5 Å². The third-order valence-electron chi connectivity index (χ3n) is 2.53. The van der Waals surface area contributed by atoms with E-state index in [1.807, 2.05) is 17.7 Å². The molecule has 1 heterocycles. The molecule has 0 aliphatic carbocycles. The Kier molecular flexibility index (Phi) is 3.28. The first-order valence-corrected chi connectivity index (χ1v) is 6.15. The molecular formula is C12H11ClFNS. The zero-order valence-electron chi connectivity index (χ0n) is 8.71. The van der Waals surface area contributed by atoms with Gasteiger partial charge in [0.05, 0.1) is 6.04 Å². The Labute approximate surface area is 103 Å². The molecular weight excluding hydrogens is 245 g/mol. The summed E-state index contributed by atoms with van der Waals surface area (Å²) in [5.74, 6) is -0.356. The molecule has 1 atom stereocenters.